The summed E-state index contributed by atoms with van der Waals surface area (Å²) in [5.74, 6) is 2.73. The van der Waals surface area contributed by atoms with Crippen LogP contribution in [0.3, 0.4) is 0 Å². The van der Waals surface area contributed by atoms with Crippen molar-refractivity contribution in [2.24, 2.45) is 0 Å². The van der Waals surface area contributed by atoms with Gasteiger partial charge in [0.15, 0.2) is 0 Å². The Hall–Kier alpha value is -2.14. The van der Waals surface area contributed by atoms with Crippen LogP contribution in [-0.4, -0.2) is 47.6 Å². The predicted molar refractivity (Wildman–Crippen MR) is 110 cm³/mol. The fraction of sp³-hybridized carbons (Fsp3) is 0.524. The molecule has 2 heterocycles. The number of aromatic nitrogens is 2. The van der Waals surface area contributed by atoms with Crippen molar-refractivity contribution in [3.05, 3.63) is 41.2 Å². The fourth-order valence-corrected chi connectivity index (χ4v) is 3.60. The van der Waals surface area contributed by atoms with E-state index in [9.17, 15) is 0 Å². The number of likely N-dealkylation sites (N-methyl/N-ethyl adjacent to an activating group) is 1. The molecular weight excluding hydrogens is 322 g/mol. The molecule has 0 saturated carbocycles. The minimum absolute atomic E-state index is 0.815. The van der Waals surface area contributed by atoms with Gasteiger partial charge in [-0.25, -0.2) is 9.97 Å². The van der Waals surface area contributed by atoms with Gasteiger partial charge in [-0.1, -0.05) is 39.0 Å². The van der Waals surface area contributed by atoms with Crippen LogP contribution in [0.15, 0.2) is 24.3 Å². The van der Waals surface area contributed by atoms with Crippen molar-refractivity contribution < 1.29 is 0 Å². The molecule has 0 atom stereocenters. The first kappa shape index (κ1) is 18.6. The van der Waals surface area contributed by atoms with Gasteiger partial charge in [-0.05, 0) is 37.4 Å². The number of hydrogen-bond acceptors (Lipinski definition) is 5. The Bertz CT molecular complexity index is 713. The molecule has 0 amide bonds. The second-order valence-corrected chi connectivity index (χ2v) is 6.86. The van der Waals surface area contributed by atoms with E-state index in [4.69, 9.17) is 4.98 Å². The predicted octanol–water partition coefficient (Wildman–Crippen LogP) is 3.80. The van der Waals surface area contributed by atoms with Crippen molar-refractivity contribution in [1.82, 2.24) is 14.9 Å². The van der Waals surface area contributed by atoms with Gasteiger partial charge >= 0.3 is 0 Å². The molecule has 2 aromatic rings. The third-order valence-corrected chi connectivity index (χ3v) is 5.22. The van der Waals surface area contributed by atoms with E-state index in [-0.39, 0.29) is 0 Å². The molecule has 1 saturated heterocycles. The summed E-state index contributed by atoms with van der Waals surface area (Å²) in [6.07, 6.45) is 2.01. The standard InChI is InChI=1S/C21H31N5/c1-5-17-9-8-10-18(6-2)21(17)24-19-15-20(23-16(4)22-19)26-13-11-25(7-3)12-14-26/h8-10,15H,5-7,11-14H2,1-4H3,(H,22,23,24). The molecule has 0 radical (unpaired) electrons. The molecule has 0 aliphatic carbocycles. The van der Waals surface area contributed by atoms with Gasteiger partial charge in [-0.2, -0.15) is 0 Å². The lowest BCUT2D eigenvalue weighted by molar-refractivity contribution is 0.270. The molecule has 1 aromatic heterocycles. The highest BCUT2D eigenvalue weighted by molar-refractivity contribution is 5.66. The van der Waals surface area contributed by atoms with Gasteiger partial charge in [0.1, 0.15) is 17.5 Å². The molecule has 1 aromatic carbocycles. The minimum atomic E-state index is 0.815. The number of para-hydroxylation sites is 1. The maximum atomic E-state index is 4.69. The zero-order chi connectivity index (χ0) is 18.5. The van der Waals surface area contributed by atoms with Crippen molar-refractivity contribution in [2.75, 3.05) is 42.9 Å². The highest BCUT2D eigenvalue weighted by Crippen LogP contribution is 2.27. The lowest BCUT2D eigenvalue weighted by Crippen LogP contribution is -2.46. The normalized spacial score (nSPS) is 15.3. The van der Waals surface area contributed by atoms with Crippen LogP contribution in [0.1, 0.15) is 37.7 Å². The van der Waals surface area contributed by atoms with Gasteiger partial charge in [-0.3, -0.25) is 0 Å². The van der Waals surface area contributed by atoms with Crippen molar-refractivity contribution >= 4 is 17.3 Å². The number of benzene rings is 1. The number of rotatable bonds is 6. The van der Waals surface area contributed by atoms with E-state index in [1.165, 1.54) is 16.8 Å². The summed E-state index contributed by atoms with van der Waals surface area (Å²) in [6, 6.07) is 8.63. The lowest BCUT2D eigenvalue weighted by Gasteiger charge is -2.35. The fourth-order valence-electron chi connectivity index (χ4n) is 3.60. The first-order valence-corrected chi connectivity index (χ1v) is 9.85. The Morgan fingerprint density at radius 1 is 0.962 bits per heavy atom. The van der Waals surface area contributed by atoms with E-state index in [0.29, 0.717) is 0 Å². The Balaban J connectivity index is 1.85. The molecule has 0 unspecified atom stereocenters. The van der Waals surface area contributed by atoms with E-state index >= 15 is 0 Å². The zero-order valence-electron chi connectivity index (χ0n) is 16.5. The third kappa shape index (κ3) is 4.15. The lowest BCUT2D eigenvalue weighted by atomic mass is 10.0. The SMILES string of the molecule is CCc1cccc(CC)c1Nc1cc(N2CCN(CC)CC2)nc(C)n1. The van der Waals surface area contributed by atoms with Crippen molar-refractivity contribution in [2.45, 2.75) is 40.5 Å². The minimum Gasteiger partial charge on any atom is -0.354 e. The van der Waals surface area contributed by atoms with Crippen LogP contribution in [0, 0.1) is 6.92 Å². The quantitative estimate of drug-likeness (QED) is 0.856. The monoisotopic (exact) mass is 353 g/mol. The molecule has 1 aliphatic heterocycles. The molecule has 3 rings (SSSR count). The molecule has 26 heavy (non-hydrogen) atoms. The van der Waals surface area contributed by atoms with Gasteiger partial charge in [0, 0.05) is 37.9 Å². The maximum absolute atomic E-state index is 4.69. The van der Waals surface area contributed by atoms with E-state index in [0.717, 1.165) is 63.0 Å². The second kappa shape index (κ2) is 8.49. The van der Waals surface area contributed by atoms with Crippen LogP contribution in [0.4, 0.5) is 17.3 Å². The smallest absolute Gasteiger partial charge is 0.136 e. The highest BCUT2D eigenvalue weighted by atomic mass is 15.3. The van der Waals surface area contributed by atoms with Gasteiger partial charge < -0.3 is 15.1 Å². The Labute approximate surface area is 157 Å². The maximum Gasteiger partial charge on any atom is 0.136 e. The highest BCUT2D eigenvalue weighted by Gasteiger charge is 2.18. The van der Waals surface area contributed by atoms with Crippen molar-refractivity contribution in [3.63, 3.8) is 0 Å². The molecular formula is C21H31N5. The molecule has 5 heteroatoms. The number of nitrogens with zero attached hydrogens (tertiary/aromatic N) is 4. The number of hydrogen-bond donors (Lipinski definition) is 1. The summed E-state index contributed by atoms with van der Waals surface area (Å²) in [5, 5.41) is 3.60. The van der Waals surface area contributed by atoms with Gasteiger partial charge in [0.05, 0.1) is 0 Å². The third-order valence-electron chi connectivity index (χ3n) is 5.22. The van der Waals surface area contributed by atoms with Crippen LogP contribution >= 0.6 is 0 Å². The second-order valence-electron chi connectivity index (χ2n) is 6.86. The molecule has 1 fully saturated rings. The number of nitrogens with one attached hydrogen (secondary N) is 1. The van der Waals surface area contributed by atoms with E-state index < -0.39 is 0 Å². The van der Waals surface area contributed by atoms with Crippen LogP contribution in [0.5, 0.6) is 0 Å². The molecule has 1 aliphatic rings. The topological polar surface area (TPSA) is 44.3 Å². The Morgan fingerprint density at radius 3 is 2.19 bits per heavy atom. The van der Waals surface area contributed by atoms with Crippen molar-refractivity contribution in [1.29, 1.82) is 0 Å². The van der Waals surface area contributed by atoms with Gasteiger partial charge in [-0.15, -0.1) is 0 Å². The number of piperazine rings is 1. The molecule has 5 nitrogen and oxygen atoms in total. The van der Waals surface area contributed by atoms with E-state index in [2.05, 4.69) is 65.1 Å². The molecule has 1 N–H and O–H groups in total. The largest absolute Gasteiger partial charge is 0.354 e. The van der Waals surface area contributed by atoms with E-state index in [1.807, 2.05) is 6.92 Å². The summed E-state index contributed by atoms with van der Waals surface area (Å²) in [6.45, 7) is 14.0. The first-order valence-electron chi connectivity index (χ1n) is 9.85. The summed E-state index contributed by atoms with van der Waals surface area (Å²) in [4.78, 5) is 14.2. The molecule has 0 spiro atoms. The van der Waals surface area contributed by atoms with Crippen LogP contribution < -0.4 is 10.2 Å². The van der Waals surface area contributed by atoms with Crippen LogP contribution in [0.2, 0.25) is 0 Å². The number of aryl methyl sites for hydroxylation is 3. The van der Waals surface area contributed by atoms with Gasteiger partial charge in [0.25, 0.3) is 0 Å². The number of anilines is 3. The molecule has 0 bridgehead atoms. The van der Waals surface area contributed by atoms with Crippen molar-refractivity contribution in [3.8, 4) is 0 Å². The average Bonchev–Trinajstić information content (AvgIpc) is 2.67. The average molecular weight is 354 g/mol. The van der Waals surface area contributed by atoms with Crippen LogP contribution in [0.25, 0.3) is 0 Å². The van der Waals surface area contributed by atoms with Crippen LogP contribution in [-0.2, 0) is 12.8 Å². The zero-order valence-corrected chi connectivity index (χ0v) is 16.5. The molecule has 140 valence electrons. The summed E-state index contributed by atoms with van der Waals surface area (Å²) >= 11 is 0. The van der Waals surface area contributed by atoms with E-state index in [1.54, 1.807) is 0 Å². The summed E-state index contributed by atoms with van der Waals surface area (Å²) in [7, 11) is 0. The Kier molecular flexibility index (Phi) is 6.09. The summed E-state index contributed by atoms with van der Waals surface area (Å²) in [5.41, 5.74) is 3.87. The summed E-state index contributed by atoms with van der Waals surface area (Å²) < 4.78 is 0. The first-order chi connectivity index (χ1) is 12.6. The van der Waals surface area contributed by atoms with Gasteiger partial charge in [0.2, 0.25) is 0 Å². The Morgan fingerprint density at radius 2 is 1.62 bits per heavy atom.